The highest BCUT2D eigenvalue weighted by atomic mass is 16.5. The van der Waals surface area contributed by atoms with Crippen LogP contribution in [0.3, 0.4) is 0 Å². The van der Waals surface area contributed by atoms with E-state index in [0.717, 1.165) is 16.9 Å². The molecule has 0 amide bonds. The summed E-state index contributed by atoms with van der Waals surface area (Å²) in [5.41, 5.74) is 6.45. The number of hydrogen-bond donors (Lipinski definition) is 1. The Labute approximate surface area is 106 Å². The van der Waals surface area contributed by atoms with Crippen LogP contribution in [0.4, 0.5) is 5.69 Å². The minimum atomic E-state index is 0.702. The predicted octanol–water partition coefficient (Wildman–Crippen LogP) is 4.21. The zero-order valence-corrected chi connectivity index (χ0v) is 9.84. The van der Waals surface area contributed by atoms with Gasteiger partial charge >= 0.3 is 0 Å². The summed E-state index contributed by atoms with van der Waals surface area (Å²) in [6.07, 6.45) is 0. The third-order valence-electron chi connectivity index (χ3n) is 2.84. The highest BCUT2D eigenvalue weighted by Gasteiger charge is 2.02. The zero-order chi connectivity index (χ0) is 12.4. The van der Waals surface area contributed by atoms with Crippen molar-refractivity contribution in [2.75, 3.05) is 5.73 Å². The average molecular weight is 235 g/mol. The summed E-state index contributed by atoms with van der Waals surface area (Å²) in [5.74, 6) is 1.60. The summed E-state index contributed by atoms with van der Waals surface area (Å²) in [4.78, 5) is 0. The van der Waals surface area contributed by atoms with Gasteiger partial charge in [-0.1, -0.05) is 42.5 Å². The van der Waals surface area contributed by atoms with Crippen LogP contribution in [-0.2, 0) is 0 Å². The molecule has 18 heavy (non-hydrogen) atoms. The van der Waals surface area contributed by atoms with Gasteiger partial charge in [0.15, 0.2) is 0 Å². The second-order valence-corrected chi connectivity index (χ2v) is 4.15. The van der Waals surface area contributed by atoms with Gasteiger partial charge in [0, 0.05) is 17.1 Å². The summed E-state index contributed by atoms with van der Waals surface area (Å²) < 4.78 is 5.89. The fraction of sp³-hybridized carbons (Fsp3) is 0. The molecule has 0 unspecified atom stereocenters. The molecule has 0 bridgehead atoms. The van der Waals surface area contributed by atoms with Crippen LogP contribution < -0.4 is 10.5 Å². The molecule has 2 nitrogen and oxygen atoms in total. The molecule has 0 saturated heterocycles. The molecule has 3 aromatic carbocycles. The van der Waals surface area contributed by atoms with Crippen molar-refractivity contribution in [2.45, 2.75) is 0 Å². The van der Waals surface area contributed by atoms with Crippen molar-refractivity contribution in [3.05, 3.63) is 66.7 Å². The summed E-state index contributed by atoms with van der Waals surface area (Å²) >= 11 is 0. The topological polar surface area (TPSA) is 35.2 Å². The van der Waals surface area contributed by atoms with Crippen LogP contribution in [-0.4, -0.2) is 0 Å². The van der Waals surface area contributed by atoms with E-state index in [0.29, 0.717) is 5.69 Å². The molecule has 0 atom stereocenters. The van der Waals surface area contributed by atoms with E-state index in [1.807, 2.05) is 48.5 Å². The lowest BCUT2D eigenvalue weighted by molar-refractivity contribution is 0.488. The van der Waals surface area contributed by atoms with Gasteiger partial charge in [0.2, 0.25) is 0 Å². The van der Waals surface area contributed by atoms with Crippen LogP contribution in [0.15, 0.2) is 66.7 Å². The van der Waals surface area contributed by atoms with Crippen LogP contribution in [0.2, 0.25) is 0 Å². The maximum Gasteiger partial charge on any atom is 0.135 e. The van der Waals surface area contributed by atoms with Gasteiger partial charge in [-0.25, -0.2) is 0 Å². The van der Waals surface area contributed by atoms with Crippen LogP contribution in [0.1, 0.15) is 0 Å². The van der Waals surface area contributed by atoms with Gasteiger partial charge in [0.25, 0.3) is 0 Å². The molecule has 3 aromatic rings. The maximum absolute atomic E-state index is 5.89. The van der Waals surface area contributed by atoms with Gasteiger partial charge in [-0.05, 0) is 23.6 Å². The highest BCUT2D eigenvalue weighted by Crippen LogP contribution is 2.30. The number of benzene rings is 3. The van der Waals surface area contributed by atoms with E-state index in [-0.39, 0.29) is 0 Å². The third-order valence-corrected chi connectivity index (χ3v) is 2.84. The number of rotatable bonds is 2. The third kappa shape index (κ3) is 2.00. The lowest BCUT2D eigenvalue weighted by atomic mass is 10.1. The lowest BCUT2D eigenvalue weighted by Crippen LogP contribution is -1.88. The maximum atomic E-state index is 5.89. The van der Waals surface area contributed by atoms with Crippen molar-refractivity contribution in [1.29, 1.82) is 0 Å². The number of nitrogen functional groups attached to an aromatic ring is 1. The van der Waals surface area contributed by atoms with E-state index < -0.39 is 0 Å². The second kappa shape index (κ2) is 4.41. The molecular weight excluding hydrogens is 222 g/mol. The largest absolute Gasteiger partial charge is 0.457 e. The molecule has 0 spiro atoms. The van der Waals surface area contributed by atoms with Gasteiger partial charge in [-0.2, -0.15) is 0 Å². The molecule has 88 valence electrons. The van der Waals surface area contributed by atoms with Crippen molar-refractivity contribution >= 4 is 16.5 Å². The monoisotopic (exact) mass is 235 g/mol. The Kier molecular flexibility index (Phi) is 2.61. The molecule has 0 aliphatic heterocycles. The Morgan fingerprint density at radius 1 is 0.778 bits per heavy atom. The first-order chi connectivity index (χ1) is 8.83. The SMILES string of the molecule is Nc1cccc(Oc2cccc3ccccc23)c1. The first-order valence-corrected chi connectivity index (χ1v) is 5.84. The van der Waals surface area contributed by atoms with Gasteiger partial charge in [-0.15, -0.1) is 0 Å². The minimum Gasteiger partial charge on any atom is -0.457 e. The molecule has 2 N–H and O–H groups in total. The number of nitrogens with two attached hydrogens (primary N) is 1. The van der Waals surface area contributed by atoms with E-state index in [9.17, 15) is 0 Å². The first-order valence-electron chi connectivity index (χ1n) is 5.84. The molecule has 0 aliphatic carbocycles. The molecule has 0 radical (unpaired) electrons. The minimum absolute atomic E-state index is 0.702. The summed E-state index contributed by atoms with van der Waals surface area (Å²) in [5, 5.41) is 2.27. The van der Waals surface area contributed by atoms with E-state index in [1.54, 1.807) is 0 Å². The Bertz CT molecular complexity index is 686. The van der Waals surface area contributed by atoms with E-state index >= 15 is 0 Å². The number of fused-ring (bicyclic) bond motifs is 1. The standard InChI is InChI=1S/C16H13NO/c17-13-7-4-8-14(11-13)18-16-10-3-6-12-5-1-2-9-15(12)16/h1-11H,17H2. The number of hydrogen-bond acceptors (Lipinski definition) is 2. The molecule has 3 rings (SSSR count). The van der Waals surface area contributed by atoms with Crippen LogP contribution >= 0.6 is 0 Å². The summed E-state index contributed by atoms with van der Waals surface area (Å²) in [7, 11) is 0. The first kappa shape index (κ1) is 10.7. The smallest absolute Gasteiger partial charge is 0.135 e. The fourth-order valence-electron chi connectivity index (χ4n) is 1.99. The highest BCUT2D eigenvalue weighted by molar-refractivity contribution is 5.88. The number of anilines is 1. The fourth-order valence-corrected chi connectivity index (χ4v) is 1.99. The summed E-state index contributed by atoms with van der Waals surface area (Å²) in [6, 6.07) is 21.6. The quantitative estimate of drug-likeness (QED) is 0.675. The van der Waals surface area contributed by atoms with Crippen molar-refractivity contribution in [2.24, 2.45) is 0 Å². The molecule has 2 heteroatoms. The van der Waals surface area contributed by atoms with Crippen molar-refractivity contribution < 1.29 is 4.74 Å². The van der Waals surface area contributed by atoms with E-state index in [1.165, 1.54) is 5.39 Å². The van der Waals surface area contributed by atoms with Crippen LogP contribution in [0, 0.1) is 0 Å². The van der Waals surface area contributed by atoms with Crippen molar-refractivity contribution in [1.82, 2.24) is 0 Å². The van der Waals surface area contributed by atoms with Gasteiger partial charge in [0.1, 0.15) is 11.5 Å². The van der Waals surface area contributed by atoms with E-state index in [4.69, 9.17) is 10.5 Å². The molecule has 0 saturated carbocycles. The molecule has 0 aromatic heterocycles. The van der Waals surface area contributed by atoms with Crippen molar-refractivity contribution in [3.8, 4) is 11.5 Å². The van der Waals surface area contributed by atoms with E-state index in [2.05, 4.69) is 18.2 Å². The Morgan fingerprint density at radius 3 is 2.44 bits per heavy atom. The second-order valence-electron chi connectivity index (χ2n) is 4.15. The zero-order valence-electron chi connectivity index (χ0n) is 9.84. The molecule has 0 aliphatic rings. The van der Waals surface area contributed by atoms with Crippen LogP contribution in [0.5, 0.6) is 11.5 Å². The Morgan fingerprint density at radius 2 is 1.56 bits per heavy atom. The van der Waals surface area contributed by atoms with Gasteiger partial charge in [0.05, 0.1) is 0 Å². The predicted molar refractivity (Wildman–Crippen MR) is 74.9 cm³/mol. The Hall–Kier alpha value is -2.48. The summed E-state index contributed by atoms with van der Waals surface area (Å²) in [6.45, 7) is 0. The Balaban J connectivity index is 2.05. The molecule has 0 heterocycles. The molecular formula is C16H13NO. The van der Waals surface area contributed by atoms with Gasteiger partial charge < -0.3 is 10.5 Å². The normalized spacial score (nSPS) is 10.4. The number of ether oxygens (including phenoxy) is 1. The van der Waals surface area contributed by atoms with Gasteiger partial charge in [-0.3, -0.25) is 0 Å². The van der Waals surface area contributed by atoms with Crippen molar-refractivity contribution in [3.63, 3.8) is 0 Å². The van der Waals surface area contributed by atoms with Crippen LogP contribution in [0.25, 0.3) is 10.8 Å². The average Bonchev–Trinajstić information content (AvgIpc) is 2.39. The molecule has 0 fully saturated rings. The lowest BCUT2D eigenvalue weighted by Gasteiger charge is -2.09.